The van der Waals surface area contributed by atoms with Crippen molar-refractivity contribution >= 4 is 21.9 Å². The smallest absolute Gasteiger partial charge is 0.339 e. The van der Waals surface area contributed by atoms with Gasteiger partial charge in [0, 0.05) is 10.9 Å². The fourth-order valence-corrected chi connectivity index (χ4v) is 2.20. The minimum absolute atomic E-state index is 0.160. The molecule has 21 heavy (non-hydrogen) atoms. The van der Waals surface area contributed by atoms with Gasteiger partial charge in [-0.15, -0.1) is 0 Å². The van der Waals surface area contributed by atoms with Gasteiger partial charge in [-0.1, -0.05) is 28.1 Å². The molecule has 0 aromatic heterocycles. The van der Waals surface area contributed by atoms with Gasteiger partial charge in [0.2, 0.25) is 0 Å². The predicted octanol–water partition coefficient (Wildman–Crippen LogP) is 3.78. The number of hydrogen-bond donors (Lipinski definition) is 1. The standard InChI is InChI=1S/C16H15BrO4/c1-20-13-5-2-11(3-6-13)8-9-21-15-10-12(17)4-7-14(15)16(18)19/h2-7,10H,8-9H2,1H3,(H,18,19). The molecule has 2 aromatic carbocycles. The van der Waals surface area contributed by atoms with Crippen LogP contribution in [0, 0.1) is 0 Å². The Hall–Kier alpha value is -2.01. The van der Waals surface area contributed by atoms with Crippen LogP contribution in [0.5, 0.6) is 11.5 Å². The molecule has 0 spiro atoms. The Morgan fingerprint density at radius 3 is 2.52 bits per heavy atom. The van der Waals surface area contributed by atoms with Gasteiger partial charge in [-0.25, -0.2) is 4.79 Å². The van der Waals surface area contributed by atoms with Crippen LogP contribution in [0.15, 0.2) is 46.9 Å². The van der Waals surface area contributed by atoms with E-state index in [1.807, 2.05) is 24.3 Å². The molecule has 4 nitrogen and oxygen atoms in total. The van der Waals surface area contributed by atoms with E-state index < -0.39 is 5.97 Å². The van der Waals surface area contributed by atoms with Crippen molar-refractivity contribution in [3.63, 3.8) is 0 Å². The highest BCUT2D eigenvalue weighted by molar-refractivity contribution is 9.10. The molecule has 2 rings (SSSR count). The summed E-state index contributed by atoms with van der Waals surface area (Å²) >= 11 is 3.31. The molecule has 0 aliphatic heterocycles. The average molecular weight is 351 g/mol. The fourth-order valence-electron chi connectivity index (χ4n) is 1.86. The number of methoxy groups -OCH3 is 1. The van der Waals surface area contributed by atoms with Crippen LogP contribution in [0.4, 0.5) is 0 Å². The summed E-state index contributed by atoms with van der Waals surface area (Å²) in [5.41, 5.74) is 1.26. The fraction of sp³-hybridized carbons (Fsp3) is 0.188. The van der Waals surface area contributed by atoms with Gasteiger partial charge >= 0.3 is 5.97 Å². The maximum atomic E-state index is 11.1. The van der Waals surface area contributed by atoms with Gasteiger partial charge in [-0.05, 0) is 35.9 Å². The topological polar surface area (TPSA) is 55.8 Å². The number of ether oxygens (including phenoxy) is 2. The number of carboxylic acid groups (broad SMARTS) is 1. The summed E-state index contributed by atoms with van der Waals surface area (Å²) < 4.78 is 11.5. The van der Waals surface area contributed by atoms with Gasteiger partial charge in [0.1, 0.15) is 17.1 Å². The first-order valence-electron chi connectivity index (χ1n) is 6.38. The monoisotopic (exact) mass is 350 g/mol. The lowest BCUT2D eigenvalue weighted by Crippen LogP contribution is -2.06. The molecule has 0 amide bonds. The molecule has 0 fully saturated rings. The van der Waals surface area contributed by atoms with Crippen LogP contribution in [-0.2, 0) is 6.42 Å². The highest BCUT2D eigenvalue weighted by atomic mass is 79.9. The Bertz CT molecular complexity index is 623. The van der Waals surface area contributed by atoms with Crippen LogP contribution in [-0.4, -0.2) is 24.8 Å². The van der Waals surface area contributed by atoms with E-state index in [1.165, 1.54) is 6.07 Å². The van der Waals surface area contributed by atoms with Crippen LogP contribution in [0.25, 0.3) is 0 Å². The van der Waals surface area contributed by atoms with Crippen molar-refractivity contribution in [2.45, 2.75) is 6.42 Å². The average Bonchev–Trinajstić information content (AvgIpc) is 2.48. The van der Waals surface area contributed by atoms with E-state index in [-0.39, 0.29) is 5.56 Å². The molecule has 0 radical (unpaired) electrons. The van der Waals surface area contributed by atoms with E-state index in [4.69, 9.17) is 14.6 Å². The maximum Gasteiger partial charge on any atom is 0.339 e. The van der Waals surface area contributed by atoms with Gasteiger partial charge in [0.05, 0.1) is 13.7 Å². The molecule has 0 saturated heterocycles. The molecule has 1 N–H and O–H groups in total. The third kappa shape index (κ3) is 4.23. The van der Waals surface area contributed by atoms with E-state index in [1.54, 1.807) is 19.2 Å². The van der Waals surface area contributed by atoms with Crippen LogP contribution in [0.3, 0.4) is 0 Å². The Morgan fingerprint density at radius 1 is 1.19 bits per heavy atom. The van der Waals surface area contributed by atoms with Gasteiger partial charge in [0.15, 0.2) is 0 Å². The first-order valence-corrected chi connectivity index (χ1v) is 7.18. The van der Waals surface area contributed by atoms with Crippen molar-refractivity contribution < 1.29 is 19.4 Å². The Labute approximate surface area is 131 Å². The number of carbonyl (C=O) groups is 1. The zero-order chi connectivity index (χ0) is 15.2. The van der Waals surface area contributed by atoms with E-state index in [0.717, 1.165) is 15.8 Å². The minimum atomic E-state index is -0.998. The molecule has 0 aliphatic carbocycles. The third-order valence-corrected chi connectivity index (χ3v) is 3.47. The van der Waals surface area contributed by atoms with Crippen molar-refractivity contribution in [2.24, 2.45) is 0 Å². The van der Waals surface area contributed by atoms with Crippen LogP contribution in [0.1, 0.15) is 15.9 Å². The molecular formula is C16H15BrO4. The van der Waals surface area contributed by atoms with E-state index in [0.29, 0.717) is 18.8 Å². The quantitative estimate of drug-likeness (QED) is 0.861. The number of benzene rings is 2. The van der Waals surface area contributed by atoms with E-state index in [2.05, 4.69) is 15.9 Å². The zero-order valence-electron chi connectivity index (χ0n) is 11.5. The molecule has 5 heteroatoms. The third-order valence-electron chi connectivity index (χ3n) is 2.98. The molecule has 2 aromatic rings. The normalized spacial score (nSPS) is 10.2. The lowest BCUT2D eigenvalue weighted by atomic mass is 10.1. The Morgan fingerprint density at radius 2 is 1.90 bits per heavy atom. The van der Waals surface area contributed by atoms with Gasteiger partial charge < -0.3 is 14.6 Å². The SMILES string of the molecule is COc1ccc(CCOc2cc(Br)ccc2C(=O)O)cc1. The molecular weight excluding hydrogens is 336 g/mol. The lowest BCUT2D eigenvalue weighted by molar-refractivity contribution is 0.0692. The minimum Gasteiger partial charge on any atom is -0.497 e. The molecule has 0 heterocycles. The largest absolute Gasteiger partial charge is 0.497 e. The van der Waals surface area contributed by atoms with Crippen molar-refractivity contribution in [3.05, 3.63) is 58.1 Å². The van der Waals surface area contributed by atoms with Crippen LogP contribution < -0.4 is 9.47 Å². The molecule has 0 aliphatic rings. The summed E-state index contributed by atoms with van der Waals surface area (Å²) in [4.78, 5) is 11.1. The number of halogens is 1. The summed E-state index contributed by atoms with van der Waals surface area (Å²) in [6, 6.07) is 12.6. The number of carboxylic acids is 1. The molecule has 0 unspecified atom stereocenters. The van der Waals surface area contributed by atoms with E-state index >= 15 is 0 Å². The zero-order valence-corrected chi connectivity index (χ0v) is 13.1. The van der Waals surface area contributed by atoms with Crippen molar-refractivity contribution in [1.82, 2.24) is 0 Å². The first-order chi connectivity index (χ1) is 10.1. The summed E-state index contributed by atoms with van der Waals surface area (Å²) in [5, 5.41) is 9.12. The molecule has 0 atom stereocenters. The van der Waals surface area contributed by atoms with Crippen LogP contribution >= 0.6 is 15.9 Å². The molecule has 0 saturated carbocycles. The second-order valence-electron chi connectivity index (χ2n) is 4.39. The van der Waals surface area contributed by atoms with E-state index in [9.17, 15) is 4.79 Å². The molecule has 0 bridgehead atoms. The highest BCUT2D eigenvalue weighted by Crippen LogP contribution is 2.24. The Balaban J connectivity index is 1.99. The number of aromatic carboxylic acids is 1. The maximum absolute atomic E-state index is 11.1. The number of rotatable bonds is 6. The first kappa shape index (κ1) is 15.4. The van der Waals surface area contributed by atoms with Gasteiger partial charge in [-0.2, -0.15) is 0 Å². The van der Waals surface area contributed by atoms with Gasteiger partial charge in [0.25, 0.3) is 0 Å². The second kappa shape index (κ2) is 7.13. The Kier molecular flexibility index (Phi) is 5.22. The predicted molar refractivity (Wildman–Crippen MR) is 83.3 cm³/mol. The van der Waals surface area contributed by atoms with Crippen molar-refractivity contribution in [2.75, 3.05) is 13.7 Å². The highest BCUT2D eigenvalue weighted by Gasteiger charge is 2.11. The number of hydrogen-bond acceptors (Lipinski definition) is 3. The van der Waals surface area contributed by atoms with Crippen LogP contribution in [0.2, 0.25) is 0 Å². The van der Waals surface area contributed by atoms with Crippen molar-refractivity contribution in [3.8, 4) is 11.5 Å². The summed E-state index contributed by atoms with van der Waals surface area (Å²) in [5.74, 6) is 0.173. The summed E-state index contributed by atoms with van der Waals surface area (Å²) in [6.07, 6.45) is 0.690. The summed E-state index contributed by atoms with van der Waals surface area (Å²) in [7, 11) is 1.62. The van der Waals surface area contributed by atoms with Gasteiger partial charge in [-0.3, -0.25) is 0 Å². The summed E-state index contributed by atoms with van der Waals surface area (Å²) in [6.45, 7) is 0.406. The lowest BCUT2D eigenvalue weighted by Gasteiger charge is -2.10. The molecule has 110 valence electrons. The van der Waals surface area contributed by atoms with Crippen molar-refractivity contribution in [1.29, 1.82) is 0 Å². The second-order valence-corrected chi connectivity index (χ2v) is 5.31.